The molecule has 1 spiro atoms. The van der Waals surface area contributed by atoms with Gasteiger partial charge in [0.05, 0.1) is 30.5 Å². The number of hydrogen-bond acceptors (Lipinski definition) is 4. The summed E-state index contributed by atoms with van der Waals surface area (Å²) in [7, 11) is 0. The summed E-state index contributed by atoms with van der Waals surface area (Å²) in [6.45, 7) is 4.34. The van der Waals surface area contributed by atoms with Gasteiger partial charge in [-0.25, -0.2) is 9.78 Å². The van der Waals surface area contributed by atoms with Crippen molar-refractivity contribution in [3.05, 3.63) is 53.1 Å². The number of fused-ring (bicyclic) bond motifs is 4. The van der Waals surface area contributed by atoms with Crippen molar-refractivity contribution in [1.82, 2.24) is 14.5 Å². The molecular weight excluding hydrogens is 330 g/mol. The summed E-state index contributed by atoms with van der Waals surface area (Å²) in [6.07, 6.45) is 4.11. The van der Waals surface area contributed by atoms with Crippen LogP contribution in [0, 0.1) is 0 Å². The third-order valence-corrected chi connectivity index (χ3v) is 5.81. The molecule has 2 aliphatic rings. The van der Waals surface area contributed by atoms with Crippen LogP contribution in [0.4, 0.5) is 4.79 Å². The van der Waals surface area contributed by atoms with E-state index in [1.165, 1.54) is 11.1 Å². The van der Waals surface area contributed by atoms with Crippen LogP contribution < -0.4 is 0 Å². The Bertz CT molecular complexity index is 806. The SMILES string of the molecule is CCOC(=O)N1CCC2(CC1)c1ccccc1CCn1c(CO)cnc12. The Morgan fingerprint density at radius 2 is 2.04 bits per heavy atom. The largest absolute Gasteiger partial charge is 0.450 e. The highest BCUT2D eigenvalue weighted by Crippen LogP contribution is 2.44. The van der Waals surface area contributed by atoms with Crippen LogP contribution >= 0.6 is 0 Å². The summed E-state index contributed by atoms with van der Waals surface area (Å²) < 4.78 is 7.36. The van der Waals surface area contributed by atoms with E-state index in [2.05, 4.69) is 28.8 Å². The van der Waals surface area contributed by atoms with Crippen molar-refractivity contribution in [3.8, 4) is 0 Å². The molecule has 1 aromatic carbocycles. The van der Waals surface area contributed by atoms with Gasteiger partial charge in [0.25, 0.3) is 0 Å². The Labute approximate surface area is 153 Å². The molecule has 0 unspecified atom stereocenters. The van der Waals surface area contributed by atoms with Crippen LogP contribution in [-0.4, -0.2) is 45.3 Å². The Morgan fingerprint density at radius 3 is 2.77 bits per heavy atom. The Morgan fingerprint density at radius 1 is 1.27 bits per heavy atom. The number of aromatic nitrogens is 2. The van der Waals surface area contributed by atoms with Crippen molar-refractivity contribution >= 4 is 6.09 Å². The fourth-order valence-corrected chi connectivity index (χ4v) is 4.51. The summed E-state index contributed by atoms with van der Waals surface area (Å²) in [5.41, 5.74) is 3.30. The molecule has 0 radical (unpaired) electrons. The number of imidazole rings is 1. The molecule has 1 saturated heterocycles. The quantitative estimate of drug-likeness (QED) is 0.899. The number of nitrogens with zero attached hydrogens (tertiary/aromatic N) is 3. The van der Waals surface area contributed by atoms with Crippen LogP contribution in [0.25, 0.3) is 0 Å². The van der Waals surface area contributed by atoms with E-state index in [0.717, 1.165) is 37.3 Å². The molecule has 138 valence electrons. The standard InChI is InChI=1S/C20H25N3O3/c1-2-26-19(25)22-11-8-20(9-12-22)17-6-4-3-5-15(17)7-10-23-16(14-24)13-21-18(20)23/h3-6,13,24H,2,7-12,14H2,1H3. The highest BCUT2D eigenvalue weighted by Gasteiger charge is 2.44. The number of carbonyl (C=O) groups excluding carboxylic acids is 1. The number of rotatable bonds is 2. The van der Waals surface area contributed by atoms with E-state index in [0.29, 0.717) is 19.7 Å². The molecule has 2 aliphatic heterocycles. The van der Waals surface area contributed by atoms with Gasteiger partial charge in [0.15, 0.2) is 0 Å². The molecule has 1 aromatic heterocycles. The van der Waals surface area contributed by atoms with Crippen LogP contribution in [0.15, 0.2) is 30.5 Å². The Balaban J connectivity index is 1.75. The molecular formula is C20H25N3O3. The van der Waals surface area contributed by atoms with Gasteiger partial charge in [0.2, 0.25) is 0 Å². The maximum atomic E-state index is 12.1. The van der Waals surface area contributed by atoms with Crippen LogP contribution in [0.2, 0.25) is 0 Å². The van der Waals surface area contributed by atoms with E-state index in [4.69, 9.17) is 9.72 Å². The van der Waals surface area contributed by atoms with Crippen molar-refractivity contribution in [2.45, 2.75) is 44.8 Å². The number of hydrogen-bond donors (Lipinski definition) is 1. The Kier molecular flexibility index (Phi) is 4.44. The topological polar surface area (TPSA) is 67.6 Å². The van der Waals surface area contributed by atoms with Gasteiger partial charge < -0.3 is 19.3 Å². The average molecular weight is 355 g/mol. The summed E-state index contributed by atoms with van der Waals surface area (Å²) in [5.74, 6) is 1.02. The number of piperidine rings is 1. The van der Waals surface area contributed by atoms with Crippen molar-refractivity contribution in [2.24, 2.45) is 0 Å². The Hall–Kier alpha value is -2.34. The molecule has 6 nitrogen and oxygen atoms in total. The van der Waals surface area contributed by atoms with Crippen molar-refractivity contribution in [1.29, 1.82) is 0 Å². The molecule has 1 amide bonds. The second-order valence-electron chi connectivity index (χ2n) is 7.06. The number of likely N-dealkylation sites (tertiary alicyclic amines) is 1. The van der Waals surface area contributed by atoms with Gasteiger partial charge in [-0.3, -0.25) is 0 Å². The fraction of sp³-hybridized carbons (Fsp3) is 0.500. The fourth-order valence-electron chi connectivity index (χ4n) is 4.51. The van der Waals surface area contributed by atoms with Crippen LogP contribution in [0.3, 0.4) is 0 Å². The predicted octanol–water partition coefficient (Wildman–Crippen LogP) is 2.47. The highest BCUT2D eigenvalue weighted by atomic mass is 16.6. The van der Waals surface area contributed by atoms with Crippen molar-refractivity contribution in [3.63, 3.8) is 0 Å². The summed E-state index contributed by atoms with van der Waals surface area (Å²) >= 11 is 0. The lowest BCUT2D eigenvalue weighted by molar-refractivity contribution is 0.0895. The van der Waals surface area contributed by atoms with Crippen molar-refractivity contribution < 1.29 is 14.6 Å². The van der Waals surface area contributed by atoms with Gasteiger partial charge in [0, 0.05) is 19.6 Å². The van der Waals surface area contributed by atoms with Gasteiger partial charge in [-0.05, 0) is 37.3 Å². The molecule has 0 bridgehead atoms. The molecule has 0 saturated carbocycles. The van der Waals surface area contributed by atoms with E-state index >= 15 is 0 Å². The average Bonchev–Trinajstić information content (AvgIpc) is 3.05. The summed E-state index contributed by atoms with van der Waals surface area (Å²) in [4.78, 5) is 18.7. The number of benzene rings is 1. The first-order valence-electron chi connectivity index (χ1n) is 9.35. The maximum absolute atomic E-state index is 12.1. The third kappa shape index (κ3) is 2.60. The van der Waals surface area contributed by atoms with Gasteiger partial charge in [0.1, 0.15) is 5.82 Å². The lowest BCUT2D eigenvalue weighted by atomic mass is 9.70. The highest BCUT2D eigenvalue weighted by molar-refractivity contribution is 5.68. The van der Waals surface area contributed by atoms with Crippen LogP contribution in [0.5, 0.6) is 0 Å². The number of amides is 1. The molecule has 1 N–H and O–H groups in total. The molecule has 4 rings (SSSR count). The number of aliphatic hydroxyl groups is 1. The molecule has 3 heterocycles. The van der Waals surface area contributed by atoms with Crippen molar-refractivity contribution in [2.75, 3.05) is 19.7 Å². The van der Waals surface area contributed by atoms with E-state index in [1.54, 1.807) is 11.1 Å². The van der Waals surface area contributed by atoms with Gasteiger partial charge >= 0.3 is 6.09 Å². The zero-order chi connectivity index (χ0) is 18.1. The van der Waals surface area contributed by atoms with Gasteiger partial charge in [-0.2, -0.15) is 0 Å². The number of aryl methyl sites for hydroxylation is 1. The first-order valence-corrected chi connectivity index (χ1v) is 9.35. The minimum atomic E-state index is -0.233. The lowest BCUT2D eigenvalue weighted by Crippen LogP contribution is -2.47. The first-order chi connectivity index (χ1) is 12.7. The number of ether oxygens (including phenoxy) is 1. The minimum Gasteiger partial charge on any atom is -0.450 e. The zero-order valence-electron chi connectivity index (χ0n) is 15.1. The second kappa shape index (κ2) is 6.76. The van der Waals surface area contributed by atoms with E-state index in [-0.39, 0.29) is 18.1 Å². The molecule has 2 aromatic rings. The molecule has 6 heteroatoms. The maximum Gasteiger partial charge on any atom is 0.409 e. The first kappa shape index (κ1) is 17.1. The summed E-state index contributed by atoms with van der Waals surface area (Å²) in [5, 5.41) is 9.72. The molecule has 1 fully saturated rings. The van der Waals surface area contributed by atoms with E-state index in [1.807, 2.05) is 6.92 Å². The van der Waals surface area contributed by atoms with Crippen LogP contribution in [-0.2, 0) is 29.7 Å². The molecule has 0 atom stereocenters. The minimum absolute atomic E-state index is 0.00558. The number of carbonyl (C=O) groups is 1. The van der Waals surface area contributed by atoms with E-state index in [9.17, 15) is 9.90 Å². The summed E-state index contributed by atoms with van der Waals surface area (Å²) in [6, 6.07) is 8.57. The lowest BCUT2D eigenvalue weighted by Gasteiger charge is -2.41. The van der Waals surface area contributed by atoms with Gasteiger partial charge in [-0.15, -0.1) is 0 Å². The smallest absolute Gasteiger partial charge is 0.409 e. The van der Waals surface area contributed by atoms with Gasteiger partial charge in [-0.1, -0.05) is 24.3 Å². The van der Waals surface area contributed by atoms with Crippen LogP contribution in [0.1, 0.15) is 42.4 Å². The number of aliphatic hydroxyl groups excluding tert-OH is 1. The normalized spacial score (nSPS) is 18.2. The molecule has 0 aliphatic carbocycles. The molecule has 26 heavy (non-hydrogen) atoms. The third-order valence-electron chi connectivity index (χ3n) is 5.81. The zero-order valence-corrected chi connectivity index (χ0v) is 15.1. The predicted molar refractivity (Wildman–Crippen MR) is 96.9 cm³/mol. The van der Waals surface area contributed by atoms with E-state index < -0.39 is 0 Å². The monoisotopic (exact) mass is 355 g/mol. The second-order valence-corrected chi connectivity index (χ2v) is 7.06.